The Bertz CT molecular complexity index is 735. The highest BCUT2D eigenvalue weighted by molar-refractivity contribution is 7.89. The summed E-state index contributed by atoms with van der Waals surface area (Å²) in [6.45, 7) is 0.427. The Hall–Kier alpha value is -1.85. The van der Waals surface area contributed by atoms with E-state index in [1.165, 1.54) is 0 Å². The van der Waals surface area contributed by atoms with Crippen LogP contribution in [-0.4, -0.2) is 22.1 Å². The summed E-state index contributed by atoms with van der Waals surface area (Å²) in [6.07, 6.45) is 1.99. The average molecular weight is 317 g/mol. The fourth-order valence-corrected chi connectivity index (χ4v) is 3.73. The zero-order valence-electron chi connectivity index (χ0n) is 12.5. The number of ether oxygens (including phenoxy) is 1. The number of sulfonamides is 1. The highest BCUT2D eigenvalue weighted by Crippen LogP contribution is 2.48. The highest BCUT2D eigenvalue weighted by atomic mass is 32.2. The predicted octanol–water partition coefficient (Wildman–Crippen LogP) is 2.71. The van der Waals surface area contributed by atoms with Crippen molar-refractivity contribution in [3.05, 3.63) is 60.2 Å². The summed E-state index contributed by atoms with van der Waals surface area (Å²) in [7, 11) is -1.81. The Labute approximate surface area is 131 Å². The molecule has 0 unspecified atom stereocenters. The van der Waals surface area contributed by atoms with Crippen LogP contribution in [0.15, 0.2) is 59.5 Å². The number of hydrogen-bond donors (Lipinski definition) is 1. The molecule has 1 aliphatic rings. The minimum Gasteiger partial charge on any atom is -0.497 e. The molecule has 0 aromatic heterocycles. The first-order chi connectivity index (χ1) is 10.6. The smallest absolute Gasteiger partial charge is 0.240 e. The number of benzene rings is 2. The van der Waals surface area contributed by atoms with Crippen molar-refractivity contribution in [2.75, 3.05) is 13.7 Å². The van der Waals surface area contributed by atoms with Crippen LogP contribution in [-0.2, 0) is 15.4 Å². The van der Waals surface area contributed by atoms with Gasteiger partial charge in [-0.25, -0.2) is 13.1 Å². The van der Waals surface area contributed by atoms with Crippen molar-refractivity contribution in [3.63, 3.8) is 0 Å². The first-order valence-corrected chi connectivity index (χ1v) is 8.73. The van der Waals surface area contributed by atoms with Crippen LogP contribution >= 0.6 is 0 Å². The molecule has 116 valence electrons. The minimum atomic E-state index is -3.45. The Morgan fingerprint density at radius 3 is 2.23 bits per heavy atom. The molecule has 0 atom stereocenters. The zero-order valence-corrected chi connectivity index (χ0v) is 13.3. The van der Waals surface area contributed by atoms with Crippen molar-refractivity contribution in [1.82, 2.24) is 4.72 Å². The fraction of sp³-hybridized carbons (Fsp3) is 0.294. The second-order valence-corrected chi connectivity index (χ2v) is 7.41. The van der Waals surface area contributed by atoms with Crippen LogP contribution in [0.25, 0.3) is 0 Å². The lowest BCUT2D eigenvalue weighted by Gasteiger charge is -2.17. The van der Waals surface area contributed by atoms with Gasteiger partial charge in [0.05, 0.1) is 12.0 Å². The second kappa shape index (κ2) is 5.74. The van der Waals surface area contributed by atoms with E-state index in [4.69, 9.17) is 4.74 Å². The Kier molecular flexibility index (Phi) is 3.93. The molecular formula is C17H19NO3S. The van der Waals surface area contributed by atoms with Crippen molar-refractivity contribution in [2.45, 2.75) is 23.2 Å². The summed E-state index contributed by atoms with van der Waals surface area (Å²) in [5.74, 6) is 0.810. The zero-order chi connectivity index (χ0) is 15.6. The summed E-state index contributed by atoms with van der Waals surface area (Å²) in [4.78, 5) is 0.306. The van der Waals surface area contributed by atoms with E-state index in [0.29, 0.717) is 11.4 Å². The van der Waals surface area contributed by atoms with E-state index in [-0.39, 0.29) is 5.41 Å². The monoisotopic (exact) mass is 317 g/mol. The molecule has 0 amide bonds. The summed E-state index contributed by atoms with van der Waals surface area (Å²) >= 11 is 0. The highest BCUT2D eigenvalue weighted by Gasteiger charge is 2.44. The van der Waals surface area contributed by atoms with Gasteiger partial charge in [0.15, 0.2) is 0 Å². The molecule has 3 rings (SSSR count). The van der Waals surface area contributed by atoms with E-state index in [2.05, 4.69) is 4.72 Å². The largest absolute Gasteiger partial charge is 0.497 e. The number of nitrogens with one attached hydrogen (secondary N) is 1. The van der Waals surface area contributed by atoms with Gasteiger partial charge in [-0.3, -0.25) is 0 Å². The summed E-state index contributed by atoms with van der Waals surface area (Å²) < 4.78 is 32.5. The van der Waals surface area contributed by atoms with Crippen LogP contribution in [0.1, 0.15) is 18.4 Å². The number of methoxy groups -OCH3 is 1. The average Bonchev–Trinajstić information content (AvgIpc) is 3.35. The van der Waals surface area contributed by atoms with Crippen LogP contribution in [0.4, 0.5) is 0 Å². The second-order valence-electron chi connectivity index (χ2n) is 5.65. The third-order valence-corrected chi connectivity index (χ3v) is 5.63. The van der Waals surface area contributed by atoms with Gasteiger partial charge >= 0.3 is 0 Å². The lowest BCUT2D eigenvalue weighted by atomic mass is 9.96. The topological polar surface area (TPSA) is 55.4 Å². The molecule has 4 nitrogen and oxygen atoms in total. The molecule has 0 bridgehead atoms. The molecule has 1 fully saturated rings. The van der Waals surface area contributed by atoms with Crippen LogP contribution in [0.3, 0.4) is 0 Å². The quantitative estimate of drug-likeness (QED) is 0.891. The first kappa shape index (κ1) is 15.1. The number of hydrogen-bond acceptors (Lipinski definition) is 3. The molecule has 2 aromatic rings. The summed E-state index contributed by atoms with van der Waals surface area (Å²) in [6, 6.07) is 16.3. The maximum absolute atomic E-state index is 12.3. The molecule has 0 spiro atoms. The molecule has 1 saturated carbocycles. The van der Waals surface area contributed by atoms with Gasteiger partial charge in [-0.05, 0) is 42.7 Å². The van der Waals surface area contributed by atoms with E-state index >= 15 is 0 Å². The van der Waals surface area contributed by atoms with Crippen molar-refractivity contribution in [1.29, 1.82) is 0 Å². The van der Waals surface area contributed by atoms with Crippen LogP contribution in [0.2, 0.25) is 0 Å². The Morgan fingerprint density at radius 2 is 1.68 bits per heavy atom. The van der Waals surface area contributed by atoms with Crippen molar-refractivity contribution >= 4 is 10.0 Å². The van der Waals surface area contributed by atoms with Crippen LogP contribution < -0.4 is 9.46 Å². The Balaban J connectivity index is 1.73. The van der Waals surface area contributed by atoms with Gasteiger partial charge < -0.3 is 4.74 Å². The molecule has 1 N–H and O–H groups in total. The van der Waals surface area contributed by atoms with Gasteiger partial charge in [-0.15, -0.1) is 0 Å². The summed E-state index contributed by atoms with van der Waals surface area (Å²) in [5.41, 5.74) is 1.08. The van der Waals surface area contributed by atoms with Gasteiger partial charge in [0.25, 0.3) is 0 Å². The van der Waals surface area contributed by atoms with E-state index in [1.807, 2.05) is 24.3 Å². The van der Waals surface area contributed by atoms with E-state index < -0.39 is 10.0 Å². The first-order valence-electron chi connectivity index (χ1n) is 7.25. The molecule has 0 aliphatic heterocycles. The third-order valence-electron chi connectivity index (χ3n) is 4.21. The fourth-order valence-electron chi connectivity index (χ4n) is 2.58. The molecule has 0 radical (unpaired) electrons. The van der Waals surface area contributed by atoms with Crippen molar-refractivity contribution in [2.24, 2.45) is 0 Å². The molecular weight excluding hydrogens is 298 g/mol. The van der Waals surface area contributed by atoms with Gasteiger partial charge in [0.2, 0.25) is 10.0 Å². The van der Waals surface area contributed by atoms with E-state index in [1.54, 1.807) is 37.4 Å². The van der Waals surface area contributed by atoms with Crippen molar-refractivity contribution < 1.29 is 13.2 Å². The maximum Gasteiger partial charge on any atom is 0.240 e. The molecule has 2 aromatic carbocycles. The normalized spacial score (nSPS) is 16.2. The standard InChI is InChI=1S/C17H19NO3S/c1-21-15-9-7-14(8-10-15)17(11-12-17)13-18-22(19,20)16-5-3-2-4-6-16/h2-10,18H,11-13H2,1H3. The maximum atomic E-state index is 12.3. The molecule has 5 heteroatoms. The van der Waals surface area contributed by atoms with Crippen LogP contribution in [0.5, 0.6) is 5.75 Å². The molecule has 0 saturated heterocycles. The predicted molar refractivity (Wildman–Crippen MR) is 85.5 cm³/mol. The van der Waals surface area contributed by atoms with Gasteiger partial charge in [0.1, 0.15) is 5.75 Å². The van der Waals surface area contributed by atoms with Crippen molar-refractivity contribution in [3.8, 4) is 5.75 Å². The van der Waals surface area contributed by atoms with Gasteiger partial charge in [-0.1, -0.05) is 30.3 Å². The van der Waals surface area contributed by atoms with E-state index in [9.17, 15) is 8.42 Å². The molecule has 1 aliphatic carbocycles. The van der Waals surface area contributed by atoms with Gasteiger partial charge in [0, 0.05) is 12.0 Å². The molecule has 22 heavy (non-hydrogen) atoms. The van der Waals surface area contributed by atoms with E-state index in [0.717, 1.165) is 24.2 Å². The minimum absolute atomic E-state index is 0.0753. The third kappa shape index (κ3) is 3.00. The molecule has 0 heterocycles. The number of rotatable bonds is 6. The van der Waals surface area contributed by atoms with Gasteiger partial charge in [-0.2, -0.15) is 0 Å². The lowest BCUT2D eigenvalue weighted by Crippen LogP contribution is -2.32. The van der Waals surface area contributed by atoms with Crippen LogP contribution in [0, 0.1) is 0 Å². The summed E-state index contributed by atoms with van der Waals surface area (Å²) in [5, 5.41) is 0. The SMILES string of the molecule is COc1ccc(C2(CNS(=O)(=O)c3ccccc3)CC2)cc1. The lowest BCUT2D eigenvalue weighted by molar-refractivity contribution is 0.414. The Morgan fingerprint density at radius 1 is 1.05 bits per heavy atom.